The lowest BCUT2D eigenvalue weighted by atomic mass is 14.0. The van der Waals surface area contributed by atoms with Crippen LogP contribution in [-0.2, 0) is 9.13 Å². The van der Waals surface area contributed by atoms with Crippen LogP contribution in [0.1, 0.15) is 0 Å². The van der Waals surface area contributed by atoms with Gasteiger partial charge >= 0.3 is 15.6 Å². The highest BCUT2D eigenvalue weighted by molar-refractivity contribution is 7.45. The van der Waals surface area contributed by atoms with Gasteiger partial charge in [-0.2, -0.15) is 0 Å². The molecule has 0 aliphatic carbocycles. The number of hydrogen-bond donors (Lipinski definition) is 7. The van der Waals surface area contributed by atoms with Crippen LogP contribution in [0.4, 0.5) is 0 Å². The van der Waals surface area contributed by atoms with Gasteiger partial charge < -0.3 is 41.0 Å². The van der Waals surface area contributed by atoms with Gasteiger partial charge in [0.1, 0.15) is 0 Å². The first kappa shape index (κ1) is 22.7. The monoisotopic (exact) mass is 231 g/mol. The van der Waals surface area contributed by atoms with Crippen molar-refractivity contribution in [3.63, 3.8) is 0 Å². The summed E-state index contributed by atoms with van der Waals surface area (Å²) in [6.45, 7) is 0. The quantitative estimate of drug-likeness (QED) is 0.218. The van der Waals surface area contributed by atoms with Gasteiger partial charge in [0, 0.05) is 0 Å². The van der Waals surface area contributed by atoms with Crippen LogP contribution in [0.15, 0.2) is 0 Å². The molecule has 0 saturated heterocycles. The molecule has 0 spiro atoms. The number of hydrogen-bond acceptors (Lipinski definition) is 3. The Bertz CT molecular complexity index is 125. The zero-order valence-electron chi connectivity index (χ0n) is 5.60. The van der Waals surface area contributed by atoms with Gasteiger partial charge in [-0.3, -0.25) is 0 Å². The molecule has 0 bridgehead atoms. The van der Waals surface area contributed by atoms with E-state index in [1.165, 1.54) is 0 Å². The Balaban J connectivity index is -0.0000000457. The lowest BCUT2D eigenvalue weighted by Gasteiger charge is -1.82. The zero-order chi connectivity index (χ0) is 9.00. The molecular weight excluding hydrogens is 220 g/mol. The molecule has 0 aromatic carbocycles. The maximum absolute atomic E-state index is 8.88. The second-order valence-electron chi connectivity index (χ2n) is 1.03. The van der Waals surface area contributed by atoms with E-state index in [0.717, 1.165) is 0 Å². The van der Waals surface area contributed by atoms with E-state index in [0.29, 0.717) is 0 Å². The van der Waals surface area contributed by atoms with Gasteiger partial charge in [0.25, 0.3) is 0 Å². The Labute approximate surface area is 66.9 Å². The summed E-state index contributed by atoms with van der Waals surface area (Å²) in [5, 5.41) is 0. The smallest absolute Gasteiger partial charge is 0.412 e. The summed E-state index contributed by atoms with van der Waals surface area (Å²) in [4.78, 5) is 43.1. The molecule has 0 rings (SSSR count). The Morgan fingerprint density at radius 1 is 0.667 bits per heavy atom. The van der Waals surface area contributed by atoms with Crippen LogP contribution in [0.2, 0.25) is 0 Å². The average Bonchev–Trinajstić information content (AvgIpc) is 1.12. The summed E-state index contributed by atoms with van der Waals surface area (Å²) in [6.07, 6.45) is 0. The highest BCUT2D eigenvalue weighted by Gasteiger charge is 2.00. The van der Waals surface area contributed by atoms with Crippen molar-refractivity contribution in [2.75, 3.05) is 0 Å². The van der Waals surface area contributed by atoms with Crippen molar-refractivity contribution < 1.29 is 44.0 Å². The van der Waals surface area contributed by atoms with Gasteiger partial charge in [-0.1, -0.05) is 0 Å². The second-order valence-corrected chi connectivity index (χ2v) is 3.08. The van der Waals surface area contributed by atoms with E-state index >= 15 is 0 Å². The third-order valence-electron chi connectivity index (χ3n) is 0. The molecule has 0 aliphatic rings. The van der Waals surface area contributed by atoms with E-state index in [4.69, 9.17) is 38.5 Å². The summed E-state index contributed by atoms with van der Waals surface area (Å²) in [5.41, 5.74) is 0. The zero-order valence-corrected chi connectivity index (χ0v) is 7.39. The van der Waals surface area contributed by atoms with Crippen LogP contribution in [0, 0.1) is 0 Å². The van der Waals surface area contributed by atoms with Crippen LogP contribution < -0.4 is 6.15 Å². The summed E-state index contributed by atoms with van der Waals surface area (Å²) >= 11 is 0. The number of rotatable bonds is 0. The van der Waals surface area contributed by atoms with E-state index in [9.17, 15) is 0 Å². The van der Waals surface area contributed by atoms with Crippen molar-refractivity contribution >= 4 is 15.6 Å². The summed E-state index contributed by atoms with van der Waals surface area (Å²) < 4.78 is 17.8. The van der Waals surface area contributed by atoms with Crippen LogP contribution in [0.25, 0.3) is 0 Å². The van der Waals surface area contributed by atoms with Crippen molar-refractivity contribution in [2.24, 2.45) is 0 Å². The third-order valence-corrected chi connectivity index (χ3v) is 0. The highest BCUT2D eigenvalue weighted by Crippen LogP contribution is 2.26. The predicted molar refractivity (Wildman–Crippen MR) is 37.2 cm³/mol. The molecule has 0 amide bonds. The van der Waals surface area contributed by atoms with Gasteiger partial charge in [-0.05, 0) is 0 Å². The SMILES string of the molecule is N.O.O=P(O)(O)O.O=P(O)(O)O. The summed E-state index contributed by atoms with van der Waals surface area (Å²) in [6, 6.07) is 0. The largest absolute Gasteiger partial charge is 0.466 e. The molecule has 0 saturated carbocycles. The van der Waals surface area contributed by atoms with Gasteiger partial charge in [0.15, 0.2) is 0 Å². The van der Waals surface area contributed by atoms with Crippen molar-refractivity contribution in [1.82, 2.24) is 6.15 Å². The molecule has 80 valence electrons. The van der Waals surface area contributed by atoms with Crippen LogP contribution in [0.5, 0.6) is 0 Å². The minimum atomic E-state index is -4.64. The Kier molecular flexibility index (Phi) is 14.7. The lowest BCUT2D eigenvalue weighted by molar-refractivity contribution is 0.272. The molecule has 12 heteroatoms. The molecule has 0 aliphatic heterocycles. The molecule has 0 aromatic heterocycles. The van der Waals surface area contributed by atoms with Crippen LogP contribution in [0.3, 0.4) is 0 Å². The van der Waals surface area contributed by atoms with E-state index in [1.807, 2.05) is 0 Å². The first-order valence-corrected chi connectivity index (χ1v) is 4.70. The van der Waals surface area contributed by atoms with Crippen molar-refractivity contribution in [3.8, 4) is 0 Å². The Morgan fingerprint density at radius 3 is 0.667 bits per heavy atom. The minimum Gasteiger partial charge on any atom is -0.412 e. The van der Waals surface area contributed by atoms with Gasteiger partial charge in [0.05, 0.1) is 0 Å². The van der Waals surface area contributed by atoms with Crippen LogP contribution >= 0.6 is 15.6 Å². The fourth-order valence-corrected chi connectivity index (χ4v) is 0. The number of phosphoric acid groups is 2. The maximum Gasteiger partial charge on any atom is 0.466 e. The first-order valence-electron chi connectivity index (χ1n) is 1.57. The molecule has 0 radical (unpaired) electrons. The van der Waals surface area contributed by atoms with E-state index in [1.54, 1.807) is 0 Å². The van der Waals surface area contributed by atoms with Crippen molar-refractivity contribution in [1.29, 1.82) is 0 Å². The molecule has 0 atom stereocenters. The van der Waals surface area contributed by atoms with E-state index in [-0.39, 0.29) is 11.6 Å². The van der Waals surface area contributed by atoms with Crippen molar-refractivity contribution in [2.45, 2.75) is 0 Å². The summed E-state index contributed by atoms with van der Waals surface area (Å²) in [5.74, 6) is 0. The molecule has 10 nitrogen and oxygen atoms in total. The standard InChI is InChI=1S/H3N.2H3O4P.H2O/c;2*1-5(2,3)4;/h1H3;2*(H3,1,2,3,4);1H2. The van der Waals surface area contributed by atoms with E-state index in [2.05, 4.69) is 0 Å². The van der Waals surface area contributed by atoms with Gasteiger partial charge in [-0.25, -0.2) is 9.13 Å². The topological polar surface area (TPSA) is 222 Å². The molecule has 0 unspecified atom stereocenters. The summed E-state index contributed by atoms with van der Waals surface area (Å²) in [7, 11) is -9.28. The normalized spacial score (nSPS) is 9.83. The third kappa shape index (κ3) is 43200. The molecule has 0 aromatic rings. The van der Waals surface area contributed by atoms with Gasteiger partial charge in [0.2, 0.25) is 0 Å². The molecule has 11 N–H and O–H groups in total. The predicted octanol–water partition coefficient (Wildman–Crippen LogP) is -2.52. The molecule has 0 fully saturated rings. The fraction of sp³-hybridized carbons (Fsp3) is 0. The molecular formula is H11NO9P2. The molecule has 12 heavy (non-hydrogen) atoms. The minimum absolute atomic E-state index is 0. The lowest BCUT2D eigenvalue weighted by Crippen LogP contribution is -1.66. The molecule has 0 heterocycles. The Morgan fingerprint density at radius 2 is 0.667 bits per heavy atom. The first-order chi connectivity index (χ1) is 4.00. The van der Waals surface area contributed by atoms with Crippen molar-refractivity contribution in [3.05, 3.63) is 0 Å². The Hall–Kier alpha value is 0.140. The van der Waals surface area contributed by atoms with Gasteiger partial charge in [-0.15, -0.1) is 0 Å². The van der Waals surface area contributed by atoms with Crippen LogP contribution in [-0.4, -0.2) is 34.8 Å². The second kappa shape index (κ2) is 7.77. The van der Waals surface area contributed by atoms with E-state index < -0.39 is 15.6 Å². The highest BCUT2D eigenvalue weighted by atomic mass is 31.2. The fourth-order valence-electron chi connectivity index (χ4n) is 0. The average molecular weight is 231 g/mol. The maximum atomic E-state index is 8.88.